The zero-order valence-electron chi connectivity index (χ0n) is 17.8. The Morgan fingerprint density at radius 2 is 1.85 bits per heavy atom. The van der Waals surface area contributed by atoms with Crippen molar-refractivity contribution in [3.8, 4) is 5.75 Å². The second-order valence-corrected chi connectivity index (χ2v) is 7.91. The third-order valence-corrected chi connectivity index (χ3v) is 4.30. The summed E-state index contributed by atoms with van der Waals surface area (Å²) >= 11 is 0. The van der Waals surface area contributed by atoms with E-state index in [1.807, 2.05) is 12.2 Å². The third kappa shape index (κ3) is 7.09. The van der Waals surface area contributed by atoms with Crippen molar-refractivity contribution >= 4 is 11.5 Å². The number of ether oxygens (including phenoxy) is 1. The van der Waals surface area contributed by atoms with Gasteiger partial charge in [-0.05, 0) is 54.9 Å². The number of allylic oxidation sites excluding steroid dienone is 5. The molecule has 1 aromatic carbocycles. The molecule has 0 aromatic heterocycles. The summed E-state index contributed by atoms with van der Waals surface area (Å²) in [5, 5.41) is 8.81. The molecule has 3 heteroatoms. The molecule has 0 spiro atoms. The second kappa shape index (κ2) is 10.1. The number of carbonyl (C=O) groups is 1. The van der Waals surface area contributed by atoms with Crippen molar-refractivity contribution in [2.24, 2.45) is 0 Å². The number of aryl methyl sites for hydroxylation is 1. The molecule has 0 aliphatic heterocycles. The maximum Gasteiger partial charge on any atom is 0.328 e. The first-order chi connectivity index (χ1) is 12.6. The molecule has 0 aliphatic carbocycles. The predicted octanol–water partition coefficient (Wildman–Crippen LogP) is 6.33. The van der Waals surface area contributed by atoms with Crippen molar-refractivity contribution in [3.05, 3.63) is 58.7 Å². The van der Waals surface area contributed by atoms with Crippen molar-refractivity contribution in [3.63, 3.8) is 0 Å². The van der Waals surface area contributed by atoms with Gasteiger partial charge in [-0.3, -0.25) is 0 Å². The highest BCUT2D eigenvalue weighted by Crippen LogP contribution is 2.38. The van der Waals surface area contributed by atoms with E-state index in [1.165, 1.54) is 17.2 Å². The molecule has 0 saturated heterocycles. The number of hydrogen-bond acceptors (Lipinski definition) is 2. The Morgan fingerprint density at radius 1 is 1.19 bits per heavy atom. The summed E-state index contributed by atoms with van der Waals surface area (Å²) in [4.78, 5) is 10.7. The highest BCUT2D eigenvalue weighted by molar-refractivity contribution is 5.81. The van der Waals surface area contributed by atoms with E-state index in [4.69, 9.17) is 9.84 Å². The Labute approximate surface area is 164 Å². The standard InChI is InChI=1S/C24H34O3/c1-8-13-27-23-20(15-19(9-2)16-21(23)24(5,6)7)18(4)12-10-11-17(3)14-22(25)26/h10-12,14-16H,8-9,13H2,1-7H3,(H,25,26)/b11-10+,17-14+,18-12-. The molecule has 0 amide bonds. The number of hydrogen-bond donors (Lipinski definition) is 1. The minimum absolute atomic E-state index is 0.0140. The van der Waals surface area contributed by atoms with E-state index in [0.717, 1.165) is 29.7 Å². The van der Waals surface area contributed by atoms with Gasteiger partial charge in [-0.1, -0.05) is 58.9 Å². The number of carboxylic acid groups (broad SMARTS) is 1. The lowest BCUT2D eigenvalue weighted by molar-refractivity contribution is -0.131. The van der Waals surface area contributed by atoms with E-state index in [1.54, 1.807) is 13.0 Å². The molecule has 0 unspecified atom stereocenters. The molecular weight excluding hydrogens is 336 g/mol. The van der Waals surface area contributed by atoms with Crippen molar-refractivity contribution < 1.29 is 14.6 Å². The van der Waals surface area contributed by atoms with Gasteiger partial charge in [0.05, 0.1) is 6.61 Å². The summed E-state index contributed by atoms with van der Waals surface area (Å²) < 4.78 is 6.19. The van der Waals surface area contributed by atoms with Crippen LogP contribution in [0.15, 0.2) is 42.0 Å². The van der Waals surface area contributed by atoms with Crippen molar-refractivity contribution in [2.45, 2.75) is 66.7 Å². The summed E-state index contributed by atoms with van der Waals surface area (Å²) in [6, 6.07) is 4.47. The zero-order chi connectivity index (χ0) is 20.6. The quantitative estimate of drug-likeness (QED) is 0.430. The Hall–Kier alpha value is -2.29. The number of benzene rings is 1. The summed E-state index contributed by atoms with van der Waals surface area (Å²) in [7, 11) is 0. The van der Waals surface area contributed by atoms with Gasteiger partial charge in [-0.15, -0.1) is 0 Å². The van der Waals surface area contributed by atoms with Crippen molar-refractivity contribution in [1.82, 2.24) is 0 Å². The normalized spacial score (nSPS) is 13.3. The molecule has 1 N–H and O–H groups in total. The average Bonchev–Trinajstić information content (AvgIpc) is 2.57. The maximum atomic E-state index is 10.7. The van der Waals surface area contributed by atoms with Gasteiger partial charge in [-0.2, -0.15) is 0 Å². The van der Waals surface area contributed by atoms with E-state index in [9.17, 15) is 4.79 Å². The van der Waals surface area contributed by atoms with Gasteiger partial charge in [0.15, 0.2) is 0 Å². The van der Waals surface area contributed by atoms with Crippen molar-refractivity contribution in [1.29, 1.82) is 0 Å². The SMILES string of the molecule is CCCOc1c(\C(C)=C/C=C/C(C)=C/C(=O)O)cc(CC)cc1C(C)(C)C. The van der Waals surface area contributed by atoms with Crippen LogP contribution in [-0.4, -0.2) is 17.7 Å². The van der Waals surface area contributed by atoms with Gasteiger partial charge in [0.1, 0.15) is 5.75 Å². The Kier molecular flexibility index (Phi) is 8.55. The van der Waals surface area contributed by atoms with Crippen molar-refractivity contribution in [2.75, 3.05) is 6.61 Å². The topological polar surface area (TPSA) is 46.5 Å². The molecule has 0 heterocycles. The van der Waals surface area contributed by atoms with Crippen LogP contribution in [0.4, 0.5) is 0 Å². The van der Waals surface area contributed by atoms with Crippen LogP contribution in [0.1, 0.15) is 71.6 Å². The van der Waals surface area contributed by atoms with Crippen LogP contribution >= 0.6 is 0 Å². The molecule has 1 rings (SSSR count). The Bertz CT molecular complexity index is 744. The van der Waals surface area contributed by atoms with Gasteiger partial charge < -0.3 is 9.84 Å². The van der Waals surface area contributed by atoms with E-state index in [-0.39, 0.29) is 5.41 Å². The smallest absolute Gasteiger partial charge is 0.328 e. The second-order valence-electron chi connectivity index (χ2n) is 7.91. The van der Waals surface area contributed by atoms with Gasteiger partial charge in [-0.25, -0.2) is 4.79 Å². The zero-order valence-corrected chi connectivity index (χ0v) is 17.8. The van der Waals surface area contributed by atoms with Crippen LogP contribution in [0.25, 0.3) is 5.57 Å². The van der Waals surface area contributed by atoms with Crippen LogP contribution < -0.4 is 4.74 Å². The Balaban J connectivity index is 3.43. The van der Waals surface area contributed by atoms with Gasteiger partial charge in [0, 0.05) is 17.2 Å². The fourth-order valence-electron chi connectivity index (χ4n) is 2.78. The lowest BCUT2D eigenvalue weighted by Crippen LogP contribution is -2.15. The molecule has 3 nitrogen and oxygen atoms in total. The molecule has 0 radical (unpaired) electrons. The van der Waals surface area contributed by atoms with E-state index >= 15 is 0 Å². The predicted molar refractivity (Wildman–Crippen MR) is 114 cm³/mol. The minimum Gasteiger partial charge on any atom is -0.493 e. The summed E-state index contributed by atoms with van der Waals surface area (Å²) in [5.41, 5.74) is 5.41. The molecule has 27 heavy (non-hydrogen) atoms. The number of rotatable bonds is 8. The Morgan fingerprint density at radius 3 is 2.37 bits per heavy atom. The van der Waals surface area contributed by atoms with Gasteiger partial charge in [0.2, 0.25) is 0 Å². The highest BCUT2D eigenvalue weighted by atomic mass is 16.5. The molecule has 0 fully saturated rings. The van der Waals surface area contributed by atoms with E-state index < -0.39 is 5.97 Å². The summed E-state index contributed by atoms with van der Waals surface area (Å²) in [5.74, 6) is 0.0278. The summed E-state index contributed by atoms with van der Waals surface area (Å²) in [6.07, 6.45) is 8.83. The molecule has 0 saturated carbocycles. The van der Waals surface area contributed by atoms with Crippen LogP contribution in [0.3, 0.4) is 0 Å². The number of carboxylic acids is 1. The lowest BCUT2D eigenvalue weighted by atomic mass is 9.82. The third-order valence-electron chi connectivity index (χ3n) is 4.30. The van der Waals surface area contributed by atoms with Gasteiger partial charge in [0.25, 0.3) is 0 Å². The molecule has 148 valence electrons. The molecule has 0 atom stereocenters. The first-order valence-corrected chi connectivity index (χ1v) is 9.66. The molecule has 0 aliphatic rings. The molecule has 1 aromatic rings. The molecule has 0 bridgehead atoms. The monoisotopic (exact) mass is 370 g/mol. The first kappa shape index (κ1) is 22.8. The van der Waals surface area contributed by atoms with Crippen LogP contribution in [0, 0.1) is 0 Å². The minimum atomic E-state index is -0.932. The lowest BCUT2D eigenvalue weighted by Gasteiger charge is -2.26. The summed E-state index contributed by atoms with van der Waals surface area (Å²) in [6.45, 7) is 15.4. The highest BCUT2D eigenvalue weighted by Gasteiger charge is 2.23. The van der Waals surface area contributed by atoms with E-state index in [2.05, 4.69) is 53.7 Å². The largest absolute Gasteiger partial charge is 0.493 e. The van der Waals surface area contributed by atoms with Crippen LogP contribution in [-0.2, 0) is 16.6 Å². The fraction of sp³-hybridized carbons (Fsp3) is 0.458. The average molecular weight is 371 g/mol. The van der Waals surface area contributed by atoms with Crippen LogP contribution in [0.2, 0.25) is 0 Å². The number of aliphatic carboxylic acids is 1. The molecular formula is C24H34O3. The maximum absolute atomic E-state index is 10.7. The van der Waals surface area contributed by atoms with Crippen LogP contribution in [0.5, 0.6) is 5.75 Å². The van der Waals surface area contributed by atoms with Gasteiger partial charge >= 0.3 is 5.97 Å². The van der Waals surface area contributed by atoms with E-state index in [0.29, 0.717) is 12.2 Å². The fourth-order valence-corrected chi connectivity index (χ4v) is 2.78. The first-order valence-electron chi connectivity index (χ1n) is 9.66.